The summed E-state index contributed by atoms with van der Waals surface area (Å²) in [6.45, 7) is 0. The number of benzene rings is 1. The van der Waals surface area contributed by atoms with Gasteiger partial charge in [-0.3, -0.25) is 4.79 Å². The van der Waals surface area contributed by atoms with E-state index in [1.54, 1.807) is 18.2 Å². The fourth-order valence-corrected chi connectivity index (χ4v) is 1.77. The first-order valence-electron chi connectivity index (χ1n) is 4.67. The highest BCUT2D eigenvalue weighted by atomic mass is 35.5. The van der Waals surface area contributed by atoms with Crippen molar-refractivity contribution in [2.24, 2.45) is 0 Å². The number of rotatable bonds is 2. The van der Waals surface area contributed by atoms with E-state index in [9.17, 15) is 4.79 Å². The normalized spacial score (nSPS) is 10.0. The Hall–Kier alpha value is -1.65. The van der Waals surface area contributed by atoms with Gasteiger partial charge in [0.15, 0.2) is 0 Å². The lowest BCUT2D eigenvalue weighted by Crippen LogP contribution is -2.12. The fraction of sp³-hybridized carbons (Fsp3) is 0. The van der Waals surface area contributed by atoms with Crippen molar-refractivity contribution in [1.82, 2.24) is 9.97 Å². The molecule has 2 rings (SSSR count). The number of hydrogen-bond acceptors (Lipinski definition) is 3. The van der Waals surface area contributed by atoms with Gasteiger partial charge in [0.25, 0.3) is 5.91 Å². The van der Waals surface area contributed by atoms with E-state index in [0.29, 0.717) is 21.3 Å². The molecule has 0 saturated carbocycles. The van der Waals surface area contributed by atoms with Crippen LogP contribution in [0, 0.1) is 0 Å². The summed E-state index contributed by atoms with van der Waals surface area (Å²) < 4.78 is 0. The van der Waals surface area contributed by atoms with Gasteiger partial charge in [-0.2, -0.15) is 0 Å². The van der Waals surface area contributed by atoms with Crippen LogP contribution in [0.4, 0.5) is 5.69 Å². The Kier molecular flexibility index (Phi) is 3.56. The fourth-order valence-electron chi connectivity index (χ4n) is 1.25. The topological polar surface area (TPSA) is 54.9 Å². The van der Waals surface area contributed by atoms with Crippen molar-refractivity contribution in [1.29, 1.82) is 0 Å². The first-order valence-corrected chi connectivity index (χ1v) is 5.43. The summed E-state index contributed by atoms with van der Waals surface area (Å²) in [5.41, 5.74) is 0.889. The predicted octanol–water partition coefficient (Wildman–Crippen LogP) is 3.04. The molecule has 2 aromatic rings. The average molecular weight is 268 g/mol. The second kappa shape index (κ2) is 5.12. The molecule has 0 unspecified atom stereocenters. The molecule has 1 aromatic carbocycles. The number of nitrogens with zero attached hydrogens (tertiary/aromatic N) is 2. The van der Waals surface area contributed by atoms with Gasteiger partial charge in [0.2, 0.25) is 0 Å². The van der Waals surface area contributed by atoms with Gasteiger partial charge in [-0.25, -0.2) is 9.97 Å². The molecule has 17 heavy (non-hydrogen) atoms. The number of aromatic nitrogens is 2. The second-order valence-electron chi connectivity index (χ2n) is 3.24. The Labute approximate surface area is 108 Å². The molecule has 0 atom stereocenters. The standard InChI is InChI=1S/C11H7Cl2N3O/c12-8-1-9(13)3-10(2-8)16-11(17)7-4-14-6-15-5-7/h1-6H,(H,16,17). The third kappa shape index (κ3) is 3.15. The zero-order valence-electron chi connectivity index (χ0n) is 8.52. The minimum atomic E-state index is -0.316. The van der Waals surface area contributed by atoms with E-state index in [0.717, 1.165) is 0 Å². The maximum Gasteiger partial charge on any atom is 0.258 e. The quantitative estimate of drug-likeness (QED) is 0.910. The first-order chi connectivity index (χ1) is 8.15. The Balaban J connectivity index is 2.19. The zero-order chi connectivity index (χ0) is 12.3. The number of carbonyl (C=O) groups excluding carboxylic acids is 1. The van der Waals surface area contributed by atoms with Crippen LogP contribution < -0.4 is 5.32 Å². The molecule has 0 spiro atoms. The molecular weight excluding hydrogens is 261 g/mol. The van der Waals surface area contributed by atoms with Crippen LogP contribution in [0.1, 0.15) is 10.4 Å². The number of nitrogens with one attached hydrogen (secondary N) is 1. The van der Waals surface area contributed by atoms with Crippen molar-refractivity contribution in [3.63, 3.8) is 0 Å². The third-order valence-electron chi connectivity index (χ3n) is 1.94. The van der Waals surface area contributed by atoms with E-state index in [2.05, 4.69) is 15.3 Å². The van der Waals surface area contributed by atoms with Crippen molar-refractivity contribution in [3.8, 4) is 0 Å². The van der Waals surface area contributed by atoms with Crippen molar-refractivity contribution in [2.45, 2.75) is 0 Å². The van der Waals surface area contributed by atoms with Crippen LogP contribution in [0.3, 0.4) is 0 Å². The molecule has 86 valence electrons. The maximum atomic E-state index is 11.8. The highest BCUT2D eigenvalue weighted by molar-refractivity contribution is 6.35. The number of hydrogen-bond donors (Lipinski definition) is 1. The summed E-state index contributed by atoms with van der Waals surface area (Å²) in [6.07, 6.45) is 4.20. The van der Waals surface area contributed by atoms with Gasteiger partial charge in [-0.05, 0) is 18.2 Å². The zero-order valence-corrected chi connectivity index (χ0v) is 10.0. The molecule has 1 aromatic heterocycles. The molecule has 0 aliphatic rings. The van der Waals surface area contributed by atoms with E-state index >= 15 is 0 Å². The van der Waals surface area contributed by atoms with Crippen molar-refractivity contribution in [2.75, 3.05) is 5.32 Å². The minimum absolute atomic E-state index is 0.316. The van der Waals surface area contributed by atoms with Gasteiger partial charge in [-0.15, -0.1) is 0 Å². The third-order valence-corrected chi connectivity index (χ3v) is 2.38. The van der Waals surface area contributed by atoms with Crippen LogP contribution in [0.5, 0.6) is 0 Å². The molecule has 6 heteroatoms. The lowest BCUT2D eigenvalue weighted by Gasteiger charge is -2.05. The van der Waals surface area contributed by atoms with Gasteiger partial charge >= 0.3 is 0 Å². The molecular formula is C11H7Cl2N3O. The van der Waals surface area contributed by atoms with Gasteiger partial charge in [0.05, 0.1) is 5.56 Å². The predicted molar refractivity (Wildman–Crippen MR) is 66.4 cm³/mol. The van der Waals surface area contributed by atoms with Crippen molar-refractivity contribution < 1.29 is 4.79 Å². The molecule has 0 fully saturated rings. The highest BCUT2D eigenvalue weighted by Crippen LogP contribution is 2.22. The molecule has 0 aliphatic heterocycles. The lowest BCUT2D eigenvalue weighted by molar-refractivity contribution is 0.102. The van der Waals surface area contributed by atoms with E-state index in [1.807, 2.05) is 0 Å². The molecule has 0 radical (unpaired) electrons. The lowest BCUT2D eigenvalue weighted by atomic mass is 10.3. The summed E-state index contributed by atoms with van der Waals surface area (Å²) in [5.74, 6) is -0.316. The Morgan fingerprint density at radius 2 is 1.65 bits per heavy atom. The average Bonchev–Trinajstić information content (AvgIpc) is 2.28. The largest absolute Gasteiger partial charge is 0.322 e. The summed E-state index contributed by atoms with van der Waals surface area (Å²) in [7, 11) is 0. The summed E-state index contributed by atoms with van der Waals surface area (Å²) >= 11 is 11.6. The highest BCUT2D eigenvalue weighted by Gasteiger charge is 2.07. The van der Waals surface area contributed by atoms with Crippen LogP contribution in [-0.2, 0) is 0 Å². The molecule has 0 saturated heterocycles. The van der Waals surface area contributed by atoms with Crippen LogP contribution in [0.25, 0.3) is 0 Å². The van der Waals surface area contributed by atoms with E-state index in [-0.39, 0.29) is 5.91 Å². The van der Waals surface area contributed by atoms with Gasteiger partial charge in [0.1, 0.15) is 6.33 Å². The van der Waals surface area contributed by atoms with Crippen LogP contribution >= 0.6 is 23.2 Å². The molecule has 4 nitrogen and oxygen atoms in total. The minimum Gasteiger partial charge on any atom is -0.322 e. The Morgan fingerprint density at radius 1 is 1.06 bits per heavy atom. The van der Waals surface area contributed by atoms with Gasteiger partial charge in [-0.1, -0.05) is 23.2 Å². The van der Waals surface area contributed by atoms with E-state index in [1.165, 1.54) is 18.7 Å². The molecule has 1 heterocycles. The van der Waals surface area contributed by atoms with E-state index in [4.69, 9.17) is 23.2 Å². The van der Waals surface area contributed by atoms with Crippen LogP contribution in [0.2, 0.25) is 10.0 Å². The SMILES string of the molecule is O=C(Nc1cc(Cl)cc(Cl)c1)c1cncnc1. The van der Waals surface area contributed by atoms with Crippen molar-refractivity contribution >= 4 is 34.8 Å². The first kappa shape index (κ1) is 11.8. The molecule has 0 bridgehead atoms. The van der Waals surface area contributed by atoms with Gasteiger partial charge < -0.3 is 5.32 Å². The number of anilines is 1. The number of amides is 1. The van der Waals surface area contributed by atoms with Gasteiger partial charge in [0, 0.05) is 28.1 Å². The summed E-state index contributed by atoms with van der Waals surface area (Å²) in [6, 6.07) is 4.80. The Bertz CT molecular complexity index is 525. The second-order valence-corrected chi connectivity index (χ2v) is 4.11. The van der Waals surface area contributed by atoms with Crippen molar-refractivity contribution in [3.05, 3.63) is 52.5 Å². The molecule has 1 N–H and O–H groups in total. The number of halogens is 2. The molecule has 0 aliphatic carbocycles. The smallest absolute Gasteiger partial charge is 0.258 e. The van der Waals surface area contributed by atoms with Crippen LogP contribution in [0.15, 0.2) is 36.9 Å². The summed E-state index contributed by atoms with van der Waals surface area (Å²) in [4.78, 5) is 19.3. The monoisotopic (exact) mass is 267 g/mol. The maximum absolute atomic E-state index is 11.8. The molecule has 1 amide bonds. The Morgan fingerprint density at radius 3 is 2.24 bits per heavy atom. The number of carbonyl (C=O) groups is 1. The van der Waals surface area contributed by atoms with E-state index < -0.39 is 0 Å². The van der Waals surface area contributed by atoms with Crippen LogP contribution in [-0.4, -0.2) is 15.9 Å². The summed E-state index contributed by atoms with van der Waals surface area (Å²) in [5, 5.41) is 3.56.